The van der Waals surface area contributed by atoms with Gasteiger partial charge in [-0.25, -0.2) is 5.84 Å². The van der Waals surface area contributed by atoms with E-state index >= 15 is 0 Å². The van der Waals surface area contributed by atoms with E-state index in [1.807, 2.05) is 24.3 Å². The Bertz CT molecular complexity index is 847. The molecule has 2 fully saturated rings. The molecule has 1 aromatic rings. The first kappa shape index (κ1) is 17.8. The maximum absolute atomic E-state index is 12.1. The number of piperazine rings is 1. The fourth-order valence-electron chi connectivity index (χ4n) is 4.12. The number of carbonyl (C=O) groups is 1. The molecule has 3 heterocycles. The summed E-state index contributed by atoms with van der Waals surface area (Å²) in [5.41, 5.74) is 4.75. The third-order valence-corrected chi connectivity index (χ3v) is 6.14. The molecule has 1 amide bonds. The maximum atomic E-state index is 12.1. The van der Waals surface area contributed by atoms with Crippen molar-refractivity contribution in [2.24, 2.45) is 11.8 Å². The Labute approximate surface area is 169 Å². The highest BCUT2D eigenvalue weighted by Gasteiger charge is 2.38. The van der Waals surface area contributed by atoms with E-state index in [4.69, 9.17) is 17.4 Å². The average molecular weight is 401 g/mol. The molecule has 148 valence electrons. The number of nitrogens with zero attached hydrogens (tertiary/aromatic N) is 3. The smallest absolute Gasteiger partial charge is 0.250 e. The number of fused-ring (bicyclic) bond motifs is 1. The van der Waals surface area contributed by atoms with Gasteiger partial charge in [-0.2, -0.15) is 0 Å². The van der Waals surface area contributed by atoms with Gasteiger partial charge in [-0.1, -0.05) is 23.7 Å². The van der Waals surface area contributed by atoms with Crippen LogP contribution in [0.2, 0.25) is 5.02 Å². The molecule has 4 aliphatic rings. The molecule has 4 N–H and O–H groups in total. The molecule has 1 unspecified atom stereocenters. The molecular weight excluding hydrogens is 376 g/mol. The normalized spacial score (nSPS) is 25.4. The number of amides is 1. The van der Waals surface area contributed by atoms with Crippen LogP contribution in [0.3, 0.4) is 0 Å². The second-order valence-electron chi connectivity index (χ2n) is 7.93. The van der Waals surface area contributed by atoms with Crippen molar-refractivity contribution in [3.8, 4) is 0 Å². The third kappa shape index (κ3) is 3.34. The number of hydrogen-bond donors (Lipinski definition) is 3. The number of rotatable bonds is 4. The molecule has 0 aromatic heterocycles. The van der Waals surface area contributed by atoms with Gasteiger partial charge in [0.25, 0.3) is 5.91 Å². The molecule has 0 spiro atoms. The molecular formula is C20H25ClN6O. The summed E-state index contributed by atoms with van der Waals surface area (Å²) in [7, 11) is 0. The molecule has 5 rings (SSSR count). The SMILES string of the molecule is NN1CCN(CC2=C(c3ccc(Cl)cc3)NC3CNC(C4CC4)=CN23)CC1=O. The molecule has 1 saturated carbocycles. The molecule has 28 heavy (non-hydrogen) atoms. The number of allylic oxidation sites excluding steroid dienone is 1. The molecule has 0 radical (unpaired) electrons. The van der Waals surface area contributed by atoms with E-state index in [-0.39, 0.29) is 12.1 Å². The van der Waals surface area contributed by atoms with E-state index in [1.54, 1.807) is 0 Å². The van der Waals surface area contributed by atoms with Crippen molar-refractivity contribution in [1.82, 2.24) is 25.4 Å². The van der Waals surface area contributed by atoms with Crippen LogP contribution in [0.5, 0.6) is 0 Å². The number of nitrogens with one attached hydrogen (secondary N) is 2. The van der Waals surface area contributed by atoms with Gasteiger partial charge in [0, 0.05) is 42.5 Å². The second-order valence-corrected chi connectivity index (χ2v) is 8.37. The summed E-state index contributed by atoms with van der Waals surface area (Å²) in [6.45, 7) is 3.25. The Morgan fingerprint density at radius 3 is 2.68 bits per heavy atom. The van der Waals surface area contributed by atoms with Gasteiger partial charge in [-0.05, 0) is 30.5 Å². The van der Waals surface area contributed by atoms with Crippen molar-refractivity contribution >= 4 is 23.2 Å². The highest BCUT2D eigenvalue weighted by atomic mass is 35.5. The Morgan fingerprint density at radius 2 is 1.96 bits per heavy atom. The molecule has 0 bridgehead atoms. The quantitative estimate of drug-likeness (QED) is 0.519. The summed E-state index contributed by atoms with van der Waals surface area (Å²) in [5, 5.41) is 9.31. The Balaban J connectivity index is 1.48. The van der Waals surface area contributed by atoms with Gasteiger partial charge in [0.05, 0.1) is 24.5 Å². The molecule has 7 nitrogen and oxygen atoms in total. The van der Waals surface area contributed by atoms with E-state index in [0.29, 0.717) is 25.6 Å². The predicted octanol–water partition coefficient (Wildman–Crippen LogP) is 1.11. The lowest BCUT2D eigenvalue weighted by molar-refractivity contribution is -0.136. The van der Waals surface area contributed by atoms with Crippen LogP contribution >= 0.6 is 11.6 Å². The highest BCUT2D eigenvalue weighted by Crippen LogP contribution is 2.39. The summed E-state index contributed by atoms with van der Waals surface area (Å²) >= 11 is 6.09. The topological polar surface area (TPSA) is 76.9 Å². The van der Waals surface area contributed by atoms with E-state index in [9.17, 15) is 4.79 Å². The minimum Gasteiger partial charge on any atom is -0.383 e. The number of benzene rings is 1. The van der Waals surface area contributed by atoms with Gasteiger partial charge in [-0.15, -0.1) is 0 Å². The number of halogens is 1. The van der Waals surface area contributed by atoms with Crippen LogP contribution in [0.4, 0.5) is 0 Å². The van der Waals surface area contributed by atoms with Crippen molar-refractivity contribution in [2.75, 3.05) is 32.7 Å². The summed E-state index contributed by atoms with van der Waals surface area (Å²) < 4.78 is 0. The van der Waals surface area contributed by atoms with Gasteiger partial charge < -0.3 is 15.5 Å². The molecule has 3 aliphatic heterocycles. The summed E-state index contributed by atoms with van der Waals surface area (Å²) in [6.07, 6.45) is 4.97. The van der Waals surface area contributed by atoms with Gasteiger partial charge in [0.1, 0.15) is 6.17 Å². The lowest BCUT2D eigenvalue weighted by Gasteiger charge is -2.36. The fraction of sp³-hybridized carbons (Fsp3) is 0.450. The maximum Gasteiger partial charge on any atom is 0.250 e. The van der Waals surface area contributed by atoms with Crippen molar-refractivity contribution < 1.29 is 4.79 Å². The Kier molecular flexibility index (Phi) is 4.45. The second kappa shape index (κ2) is 6.99. The van der Waals surface area contributed by atoms with Crippen LogP contribution in [0.25, 0.3) is 5.70 Å². The summed E-state index contributed by atoms with van der Waals surface area (Å²) in [6, 6.07) is 7.93. The van der Waals surface area contributed by atoms with Crippen LogP contribution in [-0.2, 0) is 4.79 Å². The van der Waals surface area contributed by atoms with Crippen molar-refractivity contribution in [1.29, 1.82) is 0 Å². The van der Waals surface area contributed by atoms with Crippen LogP contribution < -0.4 is 16.5 Å². The Morgan fingerprint density at radius 1 is 1.18 bits per heavy atom. The third-order valence-electron chi connectivity index (χ3n) is 5.88. The van der Waals surface area contributed by atoms with Crippen molar-refractivity contribution in [3.05, 3.63) is 52.4 Å². The minimum absolute atomic E-state index is 0.0306. The Hall–Kier alpha value is -2.22. The number of hydrazine groups is 1. The molecule has 8 heteroatoms. The largest absolute Gasteiger partial charge is 0.383 e. The van der Waals surface area contributed by atoms with Gasteiger partial charge in [0.15, 0.2) is 0 Å². The first-order valence-corrected chi connectivity index (χ1v) is 10.2. The van der Waals surface area contributed by atoms with Crippen molar-refractivity contribution in [3.63, 3.8) is 0 Å². The first-order valence-electron chi connectivity index (χ1n) is 9.85. The van der Waals surface area contributed by atoms with Gasteiger partial charge in [0.2, 0.25) is 0 Å². The molecule has 1 saturated heterocycles. The first-order chi connectivity index (χ1) is 13.6. The minimum atomic E-state index is -0.0306. The van der Waals surface area contributed by atoms with E-state index in [2.05, 4.69) is 26.6 Å². The fourth-order valence-corrected chi connectivity index (χ4v) is 4.24. The highest BCUT2D eigenvalue weighted by molar-refractivity contribution is 6.30. The lowest BCUT2D eigenvalue weighted by atomic mass is 10.1. The molecule has 1 aromatic carbocycles. The van der Waals surface area contributed by atoms with Crippen LogP contribution in [0.15, 0.2) is 41.9 Å². The average Bonchev–Trinajstić information content (AvgIpc) is 3.48. The number of nitrogens with two attached hydrogens (primary N) is 1. The van der Waals surface area contributed by atoms with Crippen LogP contribution in [-0.4, -0.2) is 59.6 Å². The summed E-state index contributed by atoms with van der Waals surface area (Å²) in [4.78, 5) is 16.6. The van der Waals surface area contributed by atoms with Crippen molar-refractivity contribution in [2.45, 2.75) is 19.0 Å². The standard InChI is InChI=1S/C20H25ClN6O/c21-15-5-3-14(4-6-15)20-17(11-25-7-8-27(22)19(28)12-25)26-10-16(13-1-2-13)23-9-18(26)24-20/h3-6,10,13,18,23-24H,1-2,7-9,11-12,22H2. The van der Waals surface area contributed by atoms with E-state index < -0.39 is 0 Å². The predicted molar refractivity (Wildman–Crippen MR) is 108 cm³/mol. The van der Waals surface area contributed by atoms with Gasteiger partial charge in [-0.3, -0.25) is 14.7 Å². The van der Waals surface area contributed by atoms with E-state index in [1.165, 1.54) is 29.2 Å². The zero-order chi connectivity index (χ0) is 19.3. The lowest BCUT2D eigenvalue weighted by Crippen LogP contribution is -2.54. The van der Waals surface area contributed by atoms with Crippen LogP contribution in [0, 0.1) is 5.92 Å². The van der Waals surface area contributed by atoms with Gasteiger partial charge >= 0.3 is 0 Å². The summed E-state index contributed by atoms with van der Waals surface area (Å²) in [5.74, 6) is 6.38. The number of carbonyl (C=O) groups excluding carboxylic acids is 1. The monoisotopic (exact) mass is 400 g/mol. The number of hydrogen-bond acceptors (Lipinski definition) is 6. The molecule has 1 atom stereocenters. The van der Waals surface area contributed by atoms with E-state index in [0.717, 1.165) is 29.4 Å². The zero-order valence-electron chi connectivity index (χ0n) is 15.7. The molecule has 1 aliphatic carbocycles. The van der Waals surface area contributed by atoms with Crippen LogP contribution in [0.1, 0.15) is 18.4 Å². The zero-order valence-corrected chi connectivity index (χ0v) is 16.5.